The number of fused-ring (bicyclic) bond motifs is 1. The minimum Gasteiger partial charge on any atom is -0.460 e. The SMILES string of the molecule is C/C(=N/NC(=O)c1cc(C)nc2ccccc12)c1ccc(C)o1. The van der Waals surface area contributed by atoms with Gasteiger partial charge >= 0.3 is 0 Å². The Bertz CT molecular complexity index is 910. The van der Waals surface area contributed by atoms with Gasteiger partial charge in [-0.1, -0.05) is 18.2 Å². The van der Waals surface area contributed by atoms with E-state index in [0.29, 0.717) is 17.0 Å². The maximum atomic E-state index is 12.5. The Morgan fingerprint density at radius 3 is 2.70 bits per heavy atom. The number of furan rings is 1. The molecule has 3 rings (SSSR count). The molecule has 116 valence electrons. The normalized spacial score (nSPS) is 11.7. The molecule has 23 heavy (non-hydrogen) atoms. The molecule has 0 aliphatic rings. The van der Waals surface area contributed by atoms with E-state index >= 15 is 0 Å². The predicted octanol–water partition coefficient (Wildman–Crippen LogP) is 3.60. The van der Waals surface area contributed by atoms with Gasteiger partial charge in [0.1, 0.15) is 17.2 Å². The number of aryl methyl sites for hydroxylation is 2. The van der Waals surface area contributed by atoms with E-state index in [4.69, 9.17) is 4.42 Å². The number of benzene rings is 1. The fourth-order valence-corrected chi connectivity index (χ4v) is 2.37. The van der Waals surface area contributed by atoms with Crippen LogP contribution in [0.2, 0.25) is 0 Å². The quantitative estimate of drug-likeness (QED) is 0.594. The molecule has 5 nitrogen and oxygen atoms in total. The maximum Gasteiger partial charge on any atom is 0.272 e. The first-order valence-electron chi connectivity index (χ1n) is 7.32. The average Bonchev–Trinajstić information content (AvgIpc) is 2.98. The van der Waals surface area contributed by atoms with Crippen LogP contribution in [-0.2, 0) is 0 Å². The van der Waals surface area contributed by atoms with Crippen LogP contribution >= 0.6 is 0 Å². The van der Waals surface area contributed by atoms with E-state index in [1.54, 1.807) is 13.0 Å². The number of aromatic nitrogens is 1. The predicted molar refractivity (Wildman–Crippen MR) is 89.6 cm³/mol. The van der Waals surface area contributed by atoms with Crippen LogP contribution in [0.25, 0.3) is 10.9 Å². The third-order valence-corrected chi connectivity index (χ3v) is 3.51. The van der Waals surface area contributed by atoms with Crippen molar-refractivity contribution in [3.63, 3.8) is 0 Å². The number of carbonyl (C=O) groups is 1. The highest BCUT2D eigenvalue weighted by molar-refractivity contribution is 6.07. The summed E-state index contributed by atoms with van der Waals surface area (Å²) in [4.78, 5) is 16.9. The highest BCUT2D eigenvalue weighted by Crippen LogP contribution is 2.18. The van der Waals surface area contributed by atoms with Crippen molar-refractivity contribution in [2.24, 2.45) is 5.10 Å². The summed E-state index contributed by atoms with van der Waals surface area (Å²) in [5, 5.41) is 4.93. The van der Waals surface area contributed by atoms with Crippen LogP contribution in [0.5, 0.6) is 0 Å². The average molecular weight is 307 g/mol. The summed E-state index contributed by atoms with van der Waals surface area (Å²) in [5.41, 5.74) is 5.34. The molecule has 0 bridgehead atoms. The number of amides is 1. The Morgan fingerprint density at radius 1 is 1.17 bits per heavy atom. The second kappa shape index (κ2) is 6.04. The van der Waals surface area contributed by atoms with E-state index in [2.05, 4.69) is 15.5 Å². The molecule has 0 radical (unpaired) electrons. The summed E-state index contributed by atoms with van der Waals surface area (Å²) in [6, 6.07) is 13.0. The molecule has 0 saturated carbocycles. The van der Waals surface area contributed by atoms with Crippen LogP contribution in [0.4, 0.5) is 0 Å². The van der Waals surface area contributed by atoms with Gasteiger partial charge in [-0.3, -0.25) is 9.78 Å². The molecule has 0 atom stereocenters. The molecule has 3 aromatic rings. The van der Waals surface area contributed by atoms with Gasteiger partial charge < -0.3 is 4.42 Å². The Kier molecular flexibility index (Phi) is 3.93. The third-order valence-electron chi connectivity index (χ3n) is 3.51. The van der Waals surface area contributed by atoms with Crippen molar-refractivity contribution in [1.29, 1.82) is 0 Å². The van der Waals surface area contributed by atoms with Crippen LogP contribution < -0.4 is 5.43 Å². The lowest BCUT2D eigenvalue weighted by Gasteiger charge is -2.06. The number of carbonyl (C=O) groups excluding carboxylic acids is 1. The number of para-hydroxylation sites is 1. The lowest BCUT2D eigenvalue weighted by Crippen LogP contribution is -2.20. The van der Waals surface area contributed by atoms with Gasteiger partial charge in [0.2, 0.25) is 0 Å². The zero-order valence-corrected chi connectivity index (χ0v) is 13.3. The van der Waals surface area contributed by atoms with Gasteiger partial charge in [0.05, 0.1) is 11.1 Å². The monoisotopic (exact) mass is 307 g/mol. The Labute approximate surface area is 134 Å². The van der Waals surface area contributed by atoms with Crippen molar-refractivity contribution in [1.82, 2.24) is 10.4 Å². The molecule has 0 saturated heterocycles. The number of nitrogens with zero attached hydrogens (tertiary/aromatic N) is 2. The molecule has 1 amide bonds. The fourth-order valence-electron chi connectivity index (χ4n) is 2.37. The number of nitrogens with one attached hydrogen (secondary N) is 1. The third kappa shape index (κ3) is 3.13. The molecule has 2 heterocycles. The Hall–Kier alpha value is -2.95. The van der Waals surface area contributed by atoms with E-state index in [-0.39, 0.29) is 5.91 Å². The van der Waals surface area contributed by atoms with Crippen LogP contribution in [0.1, 0.15) is 34.5 Å². The molecule has 5 heteroatoms. The summed E-state index contributed by atoms with van der Waals surface area (Å²) in [7, 11) is 0. The highest BCUT2D eigenvalue weighted by Gasteiger charge is 2.12. The summed E-state index contributed by atoms with van der Waals surface area (Å²) in [5.74, 6) is 1.17. The molecule has 0 unspecified atom stereocenters. The summed E-state index contributed by atoms with van der Waals surface area (Å²) in [6.07, 6.45) is 0. The Morgan fingerprint density at radius 2 is 1.96 bits per heavy atom. The van der Waals surface area contributed by atoms with Crippen LogP contribution in [0.3, 0.4) is 0 Å². The Balaban J connectivity index is 1.89. The minimum atomic E-state index is -0.269. The first kappa shape index (κ1) is 15.0. The molecular weight excluding hydrogens is 290 g/mol. The first-order valence-corrected chi connectivity index (χ1v) is 7.32. The molecule has 2 aromatic heterocycles. The number of pyridine rings is 1. The largest absolute Gasteiger partial charge is 0.460 e. The summed E-state index contributed by atoms with van der Waals surface area (Å²) >= 11 is 0. The minimum absolute atomic E-state index is 0.269. The zero-order valence-electron chi connectivity index (χ0n) is 13.3. The highest BCUT2D eigenvalue weighted by atomic mass is 16.3. The molecule has 0 aliphatic heterocycles. The van der Waals surface area contributed by atoms with Gasteiger partial charge in [0, 0.05) is 11.1 Å². The van der Waals surface area contributed by atoms with Crippen molar-refractivity contribution in [2.45, 2.75) is 20.8 Å². The lowest BCUT2D eigenvalue weighted by molar-refractivity contribution is 0.0956. The number of rotatable bonds is 3. The van der Waals surface area contributed by atoms with Gasteiger partial charge in [-0.15, -0.1) is 0 Å². The molecular formula is C18H17N3O2. The summed E-state index contributed by atoms with van der Waals surface area (Å²) < 4.78 is 5.48. The molecule has 0 aliphatic carbocycles. The number of hydrazone groups is 1. The lowest BCUT2D eigenvalue weighted by atomic mass is 10.1. The maximum absolute atomic E-state index is 12.5. The van der Waals surface area contributed by atoms with Crippen molar-refractivity contribution in [3.05, 3.63) is 65.2 Å². The van der Waals surface area contributed by atoms with Crippen molar-refractivity contribution >= 4 is 22.5 Å². The first-order chi connectivity index (χ1) is 11.0. The van der Waals surface area contributed by atoms with Gasteiger partial charge in [0.15, 0.2) is 0 Å². The molecule has 1 aromatic carbocycles. The van der Waals surface area contributed by atoms with Gasteiger partial charge in [-0.05, 0) is 45.0 Å². The fraction of sp³-hybridized carbons (Fsp3) is 0.167. The van der Waals surface area contributed by atoms with Crippen molar-refractivity contribution in [3.8, 4) is 0 Å². The standard InChI is InChI=1S/C18H17N3O2/c1-11-10-15(14-6-4-5-7-16(14)19-11)18(22)21-20-13(3)17-9-8-12(2)23-17/h4-10H,1-3H3,(H,21,22)/b20-13-. The zero-order chi connectivity index (χ0) is 16.4. The van der Waals surface area contributed by atoms with E-state index in [1.807, 2.05) is 50.2 Å². The van der Waals surface area contributed by atoms with Crippen LogP contribution in [0.15, 0.2) is 52.0 Å². The van der Waals surface area contributed by atoms with E-state index in [1.165, 1.54) is 0 Å². The second-order valence-electron chi connectivity index (χ2n) is 5.38. The van der Waals surface area contributed by atoms with Crippen LogP contribution in [-0.4, -0.2) is 16.6 Å². The summed E-state index contributed by atoms with van der Waals surface area (Å²) in [6.45, 7) is 5.51. The molecule has 0 spiro atoms. The second-order valence-corrected chi connectivity index (χ2v) is 5.38. The smallest absolute Gasteiger partial charge is 0.272 e. The van der Waals surface area contributed by atoms with Crippen LogP contribution in [0, 0.1) is 13.8 Å². The number of hydrogen-bond acceptors (Lipinski definition) is 4. The van der Waals surface area contributed by atoms with Gasteiger partial charge in [-0.25, -0.2) is 5.43 Å². The van der Waals surface area contributed by atoms with E-state index < -0.39 is 0 Å². The molecule has 1 N–H and O–H groups in total. The molecule has 0 fully saturated rings. The number of hydrogen-bond donors (Lipinski definition) is 1. The topological polar surface area (TPSA) is 67.5 Å². The van der Waals surface area contributed by atoms with Gasteiger partial charge in [0.25, 0.3) is 5.91 Å². The van der Waals surface area contributed by atoms with Crippen molar-refractivity contribution in [2.75, 3.05) is 0 Å². The van der Waals surface area contributed by atoms with E-state index in [9.17, 15) is 4.79 Å². The van der Waals surface area contributed by atoms with Crippen molar-refractivity contribution < 1.29 is 9.21 Å². The van der Waals surface area contributed by atoms with E-state index in [0.717, 1.165) is 22.4 Å². The van der Waals surface area contributed by atoms with Gasteiger partial charge in [-0.2, -0.15) is 5.10 Å².